The Morgan fingerprint density at radius 1 is 0.310 bits per heavy atom. The van der Waals surface area contributed by atoms with Gasteiger partial charge in [0.15, 0.2) is 0 Å². The lowest BCUT2D eigenvalue weighted by Crippen LogP contribution is -2.09. The van der Waals surface area contributed by atoms with Crippen LogP contribution in [-0.2, 0) is 0 Å². The van der Waals surface area contributed by atoms with E-state index in [-0.39, 0.29) is 0 Å². The highest BCUT2D eigenvalue weighted by Gasteiger charge is 2.15. The summed E-state index contributed by atoms with van der Waals surface area (Å²) < 4.78 is 0. The van der Waals surface area contributed by atoms with E-state index in [2.05, 4.69) is 168 Å². The SMILES string of the molecule is N#Cc1ccc(N(c2ccccc2)c2ccc3cc(/C=C/c4ccc5cc(N(c6ccc(C#N)cc6)c6ccc(-c7ccccc7)cc6)ccc5c4)ccc3c2)cc1. The van der Waals surface area contributed by atoms with E-state index in [4.69, 9.17) is 0 Å². The Kier molecular flexibility index (Phi) is 9.73. The summed E-state index contributed by atoms with van der Waals surface area (Å²) in [5.41, 5.74) is 12.0. The number of rotatable bonds is 9. The molecule has 0 fully saturated rings. The van der Waals surface area contributed by atoms with E-state index in [9.17, 15) is 10.5 Å². The zero-order chi connectivity index (χ0) is 39.3. The molecule has 0 heterocycles. The molecule has 0 spiro atoms. The Balaban J connectivity index is 0.977. The van der Waals surface area contributed by atoms with Gasteiger partial charge in [-0.25, -0.2) is 0 Å². The first-order chi connectivity index (χ1) is 28.6. The predicted octanol–water partition coefficient (Wildman–Crippen LogP) is 14.5. The molecule has 9 aromatic rings. The van der Waals surface area contributed by atoms with Crippen molar-refractivity contribution >= 4 is 67.8 Å². The third-order valence-electron chi connectivity index (χ3n) is 10.4. The molecular weight excluding hydrogens is 705 g/mol. The minimum absolute atomic E-state index is 0.631. The number of nitrogens with zero attached hydrogens (tertiary/aromatic N) is 4. The van der Waals surface area contributed by atoms with Gasteiger partial charge in [0, 0.05) is 34.1 Å². The Hall–Kier alpha value is -8.18. The van der Waals surface area contributed by atoms with Crippen LogP contribution >= 0.6 is 0 Å². The van der Waals surface area contributed by atoms with Crippen molar-refractivity contribution in [3.63, 3.8) is 0 Å². The molecule has 4 nitrogen and oxygen atoms in total. The molecule has 0 amide bonds. The fourth-order valence-electron chi connectivity index (χ4n) is 7.46. The van der Waals surface area contributed by atoms with Crippen LogP contribution in [0, 0.1) is 22.7 Å². The third-order valence-corrected chi connectivity index (χ3v) is 10.4. The van der Waals surface area contributed by atoms with Crippen LogP contribution in [-0.4, -0.2) is 0 Å². The molecule has 0 saturated heterocycles. The molecule has 0 radical (unpaired) electrons. The van der Waals surface area contributed by atoms with Crippen LogP contribution in [0.15, 0.2) is 206 Å². The van der Waals surface area contributed by atoms with Crippen molar-refractivity contribution in [3.8, 4) is 23.3 Å². The van der Waals surface area contributed by atoms with Crippen molar-refractivity contribution in [1.82, 2.24) is 0 Å². The van der Waals surface area contributed by atoms with Gasteiger partial charge in [-0.05, 0) is 153 Å². The van der Waals surface area contributed by atoms with Crippen LogP contribution in [0.5, 0.6) is 0 Å². The van der Waals surface area contributed by atoms with Gasteiger partial charge in [-0.3, -0.25) is 0 Å². The van der Waals surface area contributed by atoms with Crippen molar-refractivity contribution in [2.24, 2.45) is 0 Å². The topological polar surface area (TPSA) is 54.1 Å². The van der Waals surface area contributed by atoms with Crippen LogP contribution in [0.1, 0.15) is 22.3 Å². The van der Waals surface area contributed by atoms with Gasteiger partial charge in [0.05, 0.1) is 23.3 Å². The van der Waals surface area contributed by atoms with E-state index < -0.39 is 0 Å². The summed E-state index contributed by atoms with van der Waals surface area (Å²) in [6.45, 7) is 0. The summed E-state index contributed by atoms with van der Waals surface area (Å²) in [5.74, 6) is 0. The molecule has 272 valence electrons. The molecule has 0 unspecified atom stereocenters. The summed E-state index contributed by atoms with van der Waals surface area (Å²) in [6, 6.07) is 75.5. The first-order valence-corrected chi connectivity index (χ1v) is 19.2. The fourth-order valence-corrected chi connectivity index (χ4v) is 7.46. The maximum atomic E-state index is 9.45. The number of hydrogen-bond donors (Lipinski definition) is 0. The third kappa shape index (κ3) is 7.42. The minimum atomic E-state index is 0.631. The zero-order valence-corrected chi connectivity index (χ0v) is 31.6. The van der Waals surface area contributed by atoms with Gasteiger partial charge in [0.25, 0.3) is 0 Å². The fraction of sp³-hybridized carbons (Fsp3) is 0. The lowest BCUT2D eigenvalue weighted by Gasteiger charge is -2.26. The van der Waals surface area contributed by atoms with Gasteiger partial charge < -0.3 is 9.80 Å². The van der Waals surface area contributed by atoms with Gasteiger partial charge in [-0.2, -0.15) is 10.5 Å². The first-order valence-electron chi connectivity index (χ1n) is 19.2. The van der Waals surface area contributed by atoms with Gasteiger partial charge >= 0.3 is 0 Å². The van der Waals surface area contributed by atoms with Crippen LogP contribution in [0.2, 0.25) is 0 Å². The number of anilines is 6. The minimum Gasteiger partial charge on any atom is -0.310 e. The molecule has 0 saturated carbocycles. The van der Waals surface area contributed by atoms with Crippen LogP contribution in [0.25, 0.3) is 44.8 Å². The summed E-state index contributed by atoms with van der Waals surface area (Å²) in [4.78, 5) is 4.45. The van der Waals surface area contributed by atoms with E-state index in [1.807, 2.05) is 72.8 Å². The number of nitriles is 2. The van der Waals surface area contributed by atoms with Crippen molar-refractivity contribution < 1.29 is 0 Å². The highest BCUT2D eigenvalue weighted by Crippen LogP contribution is 2.39. The number of benzene rings is 9. The van der Waals surface area contributed by atoms with E-state index in [1.165, 1.54) is 5.56 Å². The molecule has 0 atom stereocenters. The maximum absolute atomic E-state index is 9.45. The predicted molar refractivity (Wildman–Crippen MR) is 241 cm³/mol. The zero-order valence-electron chi connectivity index (χ0n) is 31.6. The van der Waals surface area contributed by atoms with E-state index in [1.54, 1.807) is 0 Å². The lowest BCUT2D eigenvalue weighted by molar-refractivity contribution is 1.29. The van der Waals surface area contributed by atoms with Crippen LogP contribution in [0.4, 0.5) is 34.1 Å². The molecule has 0 aromatic heterocycles. The number of fused-ring (bicyclic) bond motifs is 2. The molecule has 9 aromatic carbocycles. The highest BCUT2D eigenvalue weighted by molar-refractivity contribution is 5.93. The summed E-state index contributed by atoms with van der Waals surface area (Å²) in [7, 11) is 0. The Morgan fingerprint density at radius 2 is 0.655 bits per heavy atom. The molecule has 9 rings (SSSR count). The molecule has 58 heavy (non-hydrogen) atoms. The maximum Gasteiger partial charge on any atom is 0.0991 e. The first kappa shape index (κ1) is 35.5. The number of hydrogen-bond acceptors (Lipinski definition) is 4. The molecule has 0 aliphatic carbocycles. The van der Waals surface area contributed by atoms with Gasteiger partial charge in [0.2, 0.25) is 0 Å². The molecule has 0 aliphatic rings. The quantitative estimate of drug-likeness (QED) is 0.138. The van der Waals surface area contributed by atoms with Gasteiger partial charge in [-0.1, -0.05) is 109 Å². The second-order valence-electron chi connectivity index (χ2n) is 14.2. The van der Waals surface area contributed by atoms with Crippen molar-refractivity contribution in [2.75, 3.05) is 9.80 Å². The van der Waals surface area contributed by atoms with Gasteiger partial charge in [0.1, 0.15) is 0 Å². The summed E-state index contributed by atoms with van der Waals surface area (Å²) in [6.07, 6.45) is 4.34. The average molecular weight is 741 g/mol. The Bertz CT molecular complexity index is 2990. The van der Waals surface area contributed by atoms with Gasteiger partial charge in [-0.15, -0.1) is 0 Å². The smallest absolute Gasteiger partial charge is 0.0991 e. The largest absolute Gasteiger partial charge is 0.310 e. The lowest BCUT2D eigenvalue weighted by atomic mass is 10.0. The number of para-hydroxylation sites is 1. The van der Waals surface area contributed by atoms with Crippen molar-refractivity contribution in [2.45, 2.75) is 0 Å². The second-order valence-corrected chi connectivity index (χ2v) is 14.2. The second kappa shape index (κ2) is 15.9. The van der Waals surface area contributed by atoms with E-state index in [0.717, 1.165) is 72.4 Å². The van der Waals surface area contributed by atoms with Crippen LogP contribution in [0.3, 0.4) is 0 Å². The average Bonchev–Trinajstić information content (AvgIpc) is 3.29. The monoisotopic (exact) mass is 740 g/mol. The standard InChI is InChI=1S/C54H36N4/c55-37-41-15-25-50(26-16-41)57(49-9-5-2-6-10-49)53-31-23-45-33-39(13-19-47(45)35-53)11-12-40-14-20-48-36-54(32-24-46(48)34-40)58(51-27-17-42(38-56)18-28-51)52-29-21-44(22-30-52)43-7-3-1-4-8-43/h1-36H/b12-11+. The van der Waals surface area contributed by atoms with E-state index >= 15 is 0 Å². The Morgan fingerprint density at radius 3 is 1.10 bits per heavy atom. The molecule has 4 heteroatoms. The molecule has 0 bridgehead atoms. The van der Waals surface area contributed by atoms with Crippen molar-refractivity contribution in [3.05, 3.63) is 229 Å². The summed E-state index contributed by atoms with van der Waals surface area (Å²) >= 11 is 0. The Labute approximate surface area is 338 Å². The molecule has 0 N–H and O–H groups in total. The molecular formula is C54H36N4. The van der Waals surface area contributed by atoms with E-state index in [0.29, 0.717) is 11.1 Å². The summed E-state index contributed by atoms with van der Waals surface area (Å²) in [5, 5.41) is 23.4. The normalized spacial score (nSPS) is 11.0. The highest BCUT2D eigenvalue weighted by atomic mass is 15.1. The molecule has 0 aliphatic heterocycles. The van der Waals surface area contributed by atoms with Crippen LogP contribution < -0.4 is 9.80 Å². The van der Waals surface area contributed by atoms with Crippen molar-refractivity contribution in [1.29, 1.82) is 10.5 Å².